The van der Waals surface area contributed by atoms with Gasteiger partial charge in [0.2, 0.25) is 0 Å². The molecule has 7 heteroatoms. The molecule has 2 aromatic carbocycles. The van der Waals surface area contributed by atoms with E-state index in [0.717, 1.165) is 17.7 Å². The number of benzene rings is 2. The van der Waals surface area contributed by atoms with E-state index in [1.54, 1.807) is 24.8 Å². The van der Waals surface area contributed by atoms with Crippen molar-refractivity contribution in [3.8, 4) is 0 Å². The van der Waals surface area contributed by atoms with Crippen molar-refractivity contribution in [1.82, 2.24) is 5.32 Å². The predicted molar refractivity (Wildman–Crippen MR) is 94.5 cm³/mol. The number of nitrogens with zero attached hydrogens (tertiary/aromatic N) is 1. The van der Waals surface area contributed by atoms with Crippen LogP contribution >= 0.6 is 11.8 Å². The van der Waals surface area contributed by atoms with E-state index in [-0.39, 0.29) is 17.8 Å². The lowest BCUT2D eigenvalue weighted by Gasteiger charge is -2.26. The van der Waals surface area contributed by atoms with Gasteiger partial charge in [0.25, 0.3) is 5.69 Å². The smallest absolute Gasteiger partial charge is 0.319 e. The third-order valence-corrected chi connectivity index (χ3v) is 5.04. The number of fused-ring (bicyclic) bond motifs is 1. The first-order chi connectivity index (χ1) is 11.5. The van der Waals surface area contributed by atoms with Crippen molar-refractivity contribution in [2.45, 2.75) is 24.3 Å². The fourth-order valence-corrected chi connectivity index (χ4v) is 3.88. The van der Waals surface area contributed by atoms with Crippen molar-refractivity contribution >= 4 is 29.2 Å². The SMILES string of the molecule is Cc1cc(NC(=O)NC2CCSc3ccccc32)ccc1[N+](=O)[O-]. The molecule has 2 N–H and O–H groups in total. The zero-order valence-corrected chi connectivity index (χ0v) is 13.9. The van der Waals surface area contributed by atoms with E-state index in [1.807, 2.05) is 18.2 Å². The average Bonchev–Trinajstić information content (AvgIpc) is 2.55. The Balaban J connectivity index is 1.69. The predicted octanol–water partition coefficient (Wildman–Crippen LogP) is 4.26. The summed E-state index contributed by atoms with van der Waals surface area (Å²) in [5.41, 5.74) is 2.22. The molecule has 3 rings (SSSR count). The fraction of sp³-hybridized carbons (Fsp3) is 0.235. The average molecular weight is 343 g/mol. The van der Waals surface area contributed by atoms with Gasteiger partial charge in [-0.2, -0.15) is 0 Å². The Bertz CT molecular complexity index is 794. The molecule has 1 heterocycles. The number of nitrogens with one attached hydrogen (secondary N) is 2. The highest BCUT2D eigenvalue weighted by Gasteiger charge is 2.22. The lowest BCUT2D eigenvalue weighted by Crippen LogP contribution is -2.34. The summed E-state index contributed by atoms with van der Waals surface area (Å²) in [5.74, 6) is 0.957. The number of amides is 2. The number of carbonyl (C=O) groups excluding carboxylic acids is 1. The second kappa shape index (κ2) is 6.92. The van der Waals surface area contributed by atoms with Crippen molar-refractivity contribution in [2.24, 2.45) is 0 Å². The Hall–Kier alpha value is -2.54. The third kappa shape index (κ3) is 3.51. The molecule has 1 atom stereocenters. The van der Waals surface area contributed by atoms with Gasteiger partial charge in [0.1, 0.15) is 0 Å². The topological polar surface area (TPSA) is 84.3 Å². The Kier molecular flexibility index (Phi) is 4.71. The van der Waals surface area contributed by atoms with Crippen molar-refractivity contribution in [3.05, 3.63) is 63.7 Å². The third-order valence-electron chi connectivity index (χ3n) is 3.92. The minimum absolute atomic E-state index is 0.0263. The molecule has 0 saturated carbocycles. The highest BCUT2D eigenvalue weighted by atomic mass is 32.2. The molecular formula is C17H17N3O3S. The van der Waals surface area contributed by atoms with E-state index < -0.39 is 4.92 Å². The van der Waals surface area contributed by atoms with Crippen molar-refractivity contribution in [3.63, 3.8) is 0 Å². The van der Waals surface area contributed by atoms with Gasteiger partial charge >= 0.3 is 6.03 Å². The number of thioether (sulfide) groups is 1. The molecule has 0 spiro atoms. The van der Waals surface area contributed by atoms with Crippen molar-refractivity contribution in [1.29, 1.82) is 0 Å². The van der Waals surface area contributed by atoms with Crippen LogP contribution in [0.1, 0.15) is 23.6 Å². The molecule has 0 saturated heterocycles. The van der Waals surface area contributed by atoms with E-state index in [2.05, 4.69) is 16.7 Å². The van der Waals surface area contributed by atoms with Crippen LogP contribution in [0.4, 0.5) is 16.2 Å². The van der Waals surface area contributed by atoms with E-state index in [4.69, 9.17) is 0 Å². The van der Waals surface area contributed by atoms with Crippen LogP contribution in [0.2, 0.25) is 0 Å². The fourth-order valence-electron chi connectivity index (χ4n) is 2.76. The van der Waals surface area contributed by atoms with Gasteiger partial charge in [-0.05, 0) is 37.1 Å². The van der Waals surface area contributed by atoms with Crippen molar-refractivity contribution in [2.75, 3.05) is 11.1 Å². The molecule has 1 aliphatic heterocycles. The quantitative estimate of drug-likeness (QED) is 0.644. The van der Waals surface area contributed by atoms with Crippen LogP contribution in [0.3, 0.4) is 0 Å². The number of carbonyl (C=O) groups is 1. The van der Waals surface area contributed by atoms with Gasteiger partial charge in [-0.1, -0.05) is 18.2 Å². The molecule has 0 fully saturated rings. The Morgan fingerprint density at radius 1 is 1.29 bits per heavy atom. The minimum atomic E-state index is -0.435. The lowest BCUT2D eigenvalue weighted by molar-refractivity contribution is -0.385. The van der Waals surface area contributed by atoms with Crippen LogP contribution in [-0.4, -0.2) is 16.7 Å². The number of urea groups is 1. The zero-order chi connectivity index (χ0) is 17.1. The maximum Gasteiger partial charge on any atom is 0.319 e. The highest BCUT2D eigenvalue weighted by Crippen LogP contribution is 2.35. The van der Waals surface area contributed by atoms with Crippen molar-refractivity contribution < 1.29 is 9.72 Å². The standard InChI is InChI=1S/C17H17N3O3S/c1-11-10-12(6-7-15(11)20(22)23)18-17(21)19-14-8-9-24-16-5-3-2-4-13(14)16/h2-7,10,14H,8-9H2,1H3,(H2,18,19,21). The van der Waals surface area contributed by atoms with Gasteiger partial charge in [0.15, 0.2) is 0 Å². The minimum Gasteiger partial charge on any atom is -0.331 e. The van der Waals surface area contributed by atoms with Crippen LogP contribution < -0.4 is 10.6 Å². The normalized spacial score (nSPS) is 16.1. The van der Waals surface area contributed by atoms with Crippen LogP contribution in [-0.2, 0) is 0 Å². The summed E-state index contributed by atoms with van der Waals surface area (Å²) >= 11 is 1.79. The van der Waals surface area contributed by atoms with E-state index in [1.165, 1.54) is 17.0 Å². The summed E-state index contributed by atoms with van der Waals surface area (Å²) in [6.45, 7) is 1.65. The van der Waals surface area contributed by atoms with Gasteiger partial charge in [-0.15, -0.1) is 11.8 Å². The van der Waals surface area contributed by atoms with E-state index >= 15 is 0 Å². The number of anilines is 1. The monoisotopic (exact) mass is 343 g/mol. The number of aryl methyl sites for hydroxylation is 1. The molecule has 6 nitrogen and oxygen atoms in total. The summed E-state index contributed by atoms with van der Waals surface area (Å²) in [7, 11) is 0. The second-order valence-electron chi connectivity index (χ2n) is 5.58. The number of hydrogen-bond donors (Lipinski definition) is 2. The second-order valence-corrected chi connectivity index (χ2v) is 6.72. The lowest BCUT2D eigenvalue weighted by atomic mass is 10.0. The number of nitro groups is 1. The Morgan fingerprint density at radius 3 is 2.83 bits per heavy atom. The van der Waals surface area contributed by atoms with Crippen LogP contribution in [0, 0.1) is 17.0 Å². The van der Waals surface area contributed by atoms with Gasteiger partial charge in [0, 0.05) is 28.0 Å². The largest absolute Gasteiger partial charge is 0.331 e. The zero-order valence-electron chi connectivity index (χ0n) is 13.1. The summed E-state index contributed by atoms with van der Waals surface area (Å²) in [6, 6.07) is 12.3. The molecule has 0 aromatic heterocycles. The first kappa shape index (κ1) is 16.3. The first-order valence-electron chi connectivity index (χ1n) is 7.59. The van der Waals surface area contributed by atoms with Crippen LogP contribution in [0.25, 0.3) is 0 Å². The highest BCUT2D eigenvalue weighted by molar-refractivity contribution is 7.99. The van der Waals surface area contributed by atoms with Crippen LogP contribution in [0.5, 0.6) is 0 Å². The van der Waals surface area contributed by atoms with E-state index in [0.29, 0.717) is 11.3 Å². The number of hydrogen-bond acceptors (Lipinski definition) is 4. The number of rotatable bonds is 3. The van der Waals surface area contributed by atoms with E-state index in [9.17, 15) is 14.9 Å². The summed E-state index contributed by atoms with van der Waals surface area (Å²) in [4.78, 5) is 23.9. The maximum absolute atomic E-state index is 12.3. The molecule has 24 heavy (non-hydrogen) atoms. The molecular weight excluding hydrogens is 326 g/mol. The molecule has 2 amide bonds. The maximum atomic E-state index is 12.3. The van der Waals surface area contributed by atoms with Gasteiger partial charge in [0.05, 0.1) is 11.0 Å². The molecule has 0 bridgehead atoms. The van der Waals surface area contributed by atoms with Gasteiger partial charge in [-0.25, -0.2) is 4.79 Å². The number of nitro benzene ring substituents is 1. The van der Waals surface area contributed by atoms with Crippen LogP contribution in [0.15, 0.2) is 47.4 Å². The Morgan fingerprint density at radius 2 is 2.08 bits per heavy atom. The molecule has 2 aromatic rings. The summed E-state index contributed by atoms with van der Waals surface area (Å²) in [6.07, 6.45) is 0.869. The van der Waals surface area contributed by atoms with Gasteiger partial charge < -0.3 is 10.6 Å². The molecule has 1 unspecified atom stereocenters. The first-order valence-corrected chi connectivity index (χ1v) is 8.57. The summed E-state index contributed by atoms with van der Waals surface area (Å²) in [5, 5.41) is 16.6. The molecule has 0 radical (unpaired) electrons. The molecule has 1 aliphatic rings. The van der Waals surface area contributed by atoms with Gasteiger partial charge in [-0.3, -0.25) is 10.1 Å². The molecule has 0 aliphatic carbocycles. The molecule has 124 valence electrons. The summed E-state index contributed by atoms with van der Waals surface area (Å²) < 4.78 is 0. The Labute approximate surface area is 143 Å².